The van der Waals surface area contributed by atoms with Crippen LogP contribution in [0.5, 0.6) is 0 Å². The Kier molecular flexibility index (Phi) is 2.72. The highest BCUT2D eigenvalue weighted by Gasteiger charge is 2.18. The number of benzene rings is 1. The number of nitrogens with one attached hydrogen (secondary N) is 1. The maximum atomic E-state index is 11.8. The van der Waals surface area contributed by atoms with Crippen molar-refractivity contribution >= 4 is 17.0 Å². The van der Waals surface area contributed by atoms with Crippen LogP contribution in [0.4, 0.5) is 5.95 Å². The van der Waals surface area contributed by atoms with Crippen LogP contribution < -0.4 is 14.9 Å². The van der Waals surface area contributed by atoms with Crippen LogP contribution in [0.2, 0.25) is 0 Å². The minimum Gasteiger partial charge on any atom is -0.739 e. The Morgan fingerprint density at radius 3 is 2.62 bits per heavy atom. The Labute approximate surface area is 92.3 Å². The molecule has 2 aromatic rings. The van der Waals surface area contributed by atoms with E-state index in [1.807, 2.05) is 6.92 Å². The van der Waals surface area contributed by atoms with E-state index >= 15 is 0 Å². The molecule has 0 radical (unpaired) electrons. The molecule has 6 heteroatoms. The third kappa shape index (κ3) is 1.69. The van der Waals surface area contributed by atoms with Gasteiger partial charge in [-0.05, 0) is 12.5 Å². The number of rotatable bonds is 3. The molecule has 0 atom stereocenters. The fraction of sp³-hybridized carbons (Fsp3) is 0.300. The van der Waals surface area contributed by atoms with Crippen LogP contribution in [-0.4, -0.2) is 11.6 Å². The van der Waals surface area contributed by atoms with Gasteiger partial charge in [0.25, 0.3) is 5.52 Å². The number of nitrogens with zero attached hydrogens (tertiary/aromatic N) is 3. The summed E-state index contributed by atoms with van der Waals surface area (Å²) in [5.41, 5.74) is 0.575. The fourth-order valence-electron chi connectivity index (χ4n) is 1.44. The molecule has 0 fully saturated rings. The van der Waals surface area contributed by atoms with Crippen LogP contribution in [0, 0.1) is 10.4 Å². The first-order chi connectivity index (χ1) is 7.74. The molecule has 6 nitrogen and oxygen atoms in total. The first kappa shape index (κ1) is 10.4. The fourth-order valence-corrected chi connectivity index (χ4v) is 1.44. The molecular weight excluding hydrogens is 208 g/mol. The molecule has 0 bridgehead atoms. The van der Waals surface area contributed by atoms with E-state index in [2.05, 4.69) is 10.4 Å². The largest absolute Gasteiger partial charge is 0.739 e. The van der Waals surface area contributed by atoms with Crippen molar-refractivity contribution in [1.29, 1.82) is 0 Å². The Bertz CT molecular complexity index is 515. The molecule has 0 unspecified atom stereocenters. The number of aromatic nitrogens is 3. The SMILES string of the molecule is CCCNc1n[n+]([O-])c2ccccc2[n+]1[O-]. The molecule has 1 aromatic carbocycles. The summed E-state index contributed by atoms with van der Waals surface area (Å²) < 4.78 is 0.638. The van der Waals surface area contributed by atoms with Crippen molar-refractivity contribution in [3.8, 4) is 0 Å². The molecule has 0 saturated carbocycles. The highest BCUT2D eigenvalue weighted by Crippen LogP contribution is 2.05. The third-order valence-corrected chi connectivity index (χ3v) is 2.22. The Balaban J connectivity index is 2.56. The van der Waals surface area contributed by atoms with Crippen LogP contribution in [0.15, 0.2) is 24.3 Å². The van der Waals surface area contributed by atoms with Crippen molar-refractivity contribution < 1.29 is 9.58 Å². The van der Waals surface area contributed by atoms with E-state index in [9.17, 15) is 10.4 Å². The van der Waals surface area contributed by atoms with Crippen molar-refractivity contribution in [3.05, 3.63) is 34.7 Å². The second-order valence-corrected chi connectivity index (χ2v) is 3.41. The zero-order valence-corrected chi connectivity index (χ0v) is 8.88. The van der Waals surface area contributed by atoms with Crippen molar-refractivity contribution in [3.63, 3.8) is 0 Å². The van der Waals surface area contributed by atoms with Crippen molar-refractivity contribution in [2.24, 2.45) is 0 Å². The molecule has 0 saturated heterocycles. The summed E-state index contributed by atoms with van der Waals surface area (Å²) in [4.78, 5) is 0.460. The third-order valence-electron chi connectivity index (χ3n) is 2.22. The standard InChI is InChI=1S/C10H12N4O2/c1-2-7-11-10-12-14(16)9-6-4-3-5-8(9)13(10)15/h3-6H,2,7H2,1H3,(H,11,12). The van der Waals surface area contributed by atoms with Crippen LogP contribution in [0.3, 0.4) is 0 Å². The van der Waals surface area contributed by atoms with Crippen LogP contribution in [-0.2, 0) is 0 Å². The van der Waals surface area contributed by atoms with Crippen LogP contribution in [0.25, 0.3) is 11.0 Å². The summed E-state index contributed by atoms with van der Waals surface area (Å²) in [6.07, 6.45) is 0.855. The van der Waals surface area contributed by atoms with E-state index in [1.54, 1.807) is 24.3 Å². The molecule has 16 heavy (non-hydrogen) atoms. The maximum absolute atomic E-state index is 11.8. The lowest BCUT2D eigenvalue weighted by Crippen LogP contribution is -2.44. The van der Waals surface area contributed by atoms with Gasteiger partial charge in [-0.2, -0.15) is 0 Å². The molecule has 1 N–H and O–H groups in total. The molecule has 0 amide bonds. The molecule has 0 aliphatic rings. The monoisotopic (exact) mass is 220 g/mol. The van der Waals surface area contributed by atoms with Gasteiger partial charge in [0, 0.05) is 10.9 Å². The average molecular weight is 220 g/mol. The lowest BCUT2D eigenvalue weighted by molar-refractivity contribution is -0.672. The van der Waals surface area contributed by atoms with Gasteiger partial charge < -0.3 is 10.4 Å². The topological polar surface area (TPSA) is 78.8 Å². The maximum Gasteiger partial charge on any atom is 0.460 e. The van der Waals surface area contributed by atoms with Crippen LogP contribution >= 0.6 is 0 Å². The van der Waals surface area contributed by atoms with Crippen LogP contribution in [0.1, 0.15) is 13.3 Å². The normalized spacial score (nSPS) is 10.6. The Hall–Kier alpha value is -2.11. The zero-order chi connectivity index (χ0) is 11.5. The van der Waals surface area contributed by atoms with Gasteiger partial charge >= 0.3 is 5.95 Å². The molecule has 0 aliphatic heterocycles. The number of hydrogen-bond donors (Lipinski definition) is 1. The lowest BCUT2D eigenvalue weighted by Gasteiger charge is -2.09. The van der Waals surface area contributed by atoms with E-state index in [0.29, 0.717) is 21.6 Å². The molecule has 0 spiro atoms. The summed E-state index contributed by atoms with van der Waals surface area (Å²) >= 11 is 0. The predicted octanol–water partition coefficient (Wildman–Crippen LogP) is 0.323. The summed E-state index contributed by atoms with van der Waals surface area (Å²) in [6.45, 7) is 2.57. The van der Waals surface area contributed by atoms with E-state index < -0.39 is 0 Å². The molecule has 84 valence electrons. The van der Waals surface area contributed by atoms with Gasteiger partial charge in [-0.1, -0.05) is 19.1 Å². The van der Waals surface area contributed by atoms with Gasteiger partial charge in [-0.25, -0.2) is 4.73 Å². The van der Waals surface area contributed by atoms with E-state index in [4.69, 9.17) is 0 Å². The molecule has 2 rings (SSSR count). The summed E-state index contributed by atoms with van der Waals surface area (Å²) in [5.74, 6) is 0.0375. The van der Waals surface area contributed by atoms with Gasteiger partial charge in [0.2, 0.25) is 5.10 Å². The minimum atomic E-state index is 0.0375. The zero-order valence-electron chi connectivity index (χ0n) is 8.88. The van der Waals surface area contributed by atoms with Gasteiger partial charge in [0.15, 0.2) is 5.52 Å². The van der Waals surface area contributed by atoms with Gasteiger partial charge in [0.05, 0.1) is 6.54 Å². The average Bonchev–Trinajstić information content (AvgIpc) is 2.32. The molecular formula is C10H12N4O2. The quantitative estimate of drug-likeness (QED) is 0.597. The van der Waals surface area contributed by atoms with Gasteiger partial charge in [-0.3, -0.25) is 5.32 Å². The summed E-state index contributed by atoms with van der Waals surface area (Å²) in [7, 11) is 0. The van der Waals surface area contributed by atoms with Gasteiger partial charge in [0.1, 0.15) is 0 Å². The lowest BCUT2D eigenvalue weighted by atomic mass is 10.3. The summed E-state index contributed by atoms with van der Waals surface area (Å²) in [5, 5.41) is 29.8. The van der Waals surface area contributed by atoms with Crippen molar-refractivity contribution in [2.45, 2.75) is 13.3 Å². The second-order valence-electron chi connectivity index (χ2n) is 3.41. The molecule has 1 aromatic heterocycles. The molecule has 0 aliphatic carbocycles. The first-order valence-corrected chi connectivity index (χ1v) is 5.10. The number of fused-ring (bicyclic) bond motifs is 1. The highest BCUT2D eigenvalue weighted by molar-refractivity contribution is 5.67. The highest BCUT2D eigenvalue weighted by atomic mass is 16.5. The van der Waals surface area contributed by atoms with E-state index in [-0.39, 0.29) is 11.5 Å². The van der Waals surface area contributed by atoms with Crippen molar-refractivity contribution in [1.82, 2.24) is 5.10 Å². The molecule has 1 heterocycles. The van der Waals surface area contributed by atoms with E-state index in [0.717, 1.165) is 6.42 Å². The first-order valence-electron chi connectivity index (χ1n) is 5.10. The summed E-state index contributed by atoms with van der Waals surface area (Å²) in [6, 6.07) is 6.56. The Morgan fingerprint density at radius 2 is 1.94 bits per heavy atom. The van der Waals surface area contributed by atoms with Gasteiger partial charge in [-0.15, -0.1) is 0 Å². The number of hydrogen-bond acceptors (Lipinski definition) is 4. The Morgan fingerprint density at radius 1 is 1.25 bits per heavy atom. The predicted molar refractivity (Wildman–Crippen MR) is 58.4 cm³/mol. The second kappa shape index (κ2) is 4.18. The number of anilines is 1. The number of para-hydroxylation sites is 2. The smallest absolute Gasteiger partial charge is 0.460 e. The minimum absolute atomic E-state index is 0.0375. The van der Waals surface area contributed by atoms with E-state index in [1.165, 1.54) is 0 Å². The van der Waals surface area contributed by atoms with Crippen molar-refractivity contribution in [2.75, 3.05) is 11.9 Å².